The fourth-order valence-corrected chi connectivity index (χ4v) is 4.52. The Morgan fingerprint density at radius 1 is 0.778 bits per heavy atom. The first-order chi connectivity index (χ1) is 13.2. The lowest BCUT2D eigenvalue weighted by atomic mass is 9.60. The van der Waals surface area contributed by atoms with E-state index < -0.39 is 11.0 Å². The van der Waals surface area contributed by atoms with Crippen molar-refractivity contribution in [1.82, 2.24) is 0 Å². The van der Waals surface area contributed by atoms with E-state index in [-0.39, 0.29) is 0 Å². The second-order valence-corrected chi connectivity index (χ2v) is 6.69. The molecule has 0 fully saturated rings. The summed E-state index contributed by atoms with van der Waals surface area (Å²) in [6, 6.07) is 24.6. The van der Waals surface area contributed by atoms with Gasteiger partial charge in [0.25, 0.3) is 0 Å². The predicted molar refractivity (Wildman–Crippen MR) is 97.2 cm³/mol. The molecule has 0 aromatic heterocycles. The van der Waals surface area contributed by atoms with Crippen LogP contribution in [0.3, 0.4) is 0 Å². The van der Waals surface area contributed by atoms with Crippen molar-refractivity contribution >= 4 is 6.29 Å². The van der Waals surface area contributed by atoms with Crippen molar-refractivity contribution in [3.8, 4) is 17.9 Å². The van der Waals surface area contributed by atoms with E-state index in [0.29, 0.717) is 39.1 Å². The molecule has 0 saturated carbocycles. The molecule has 0 radical (unpaired) electrons. The number of rotatable bonds is 1. The summed E-state index contributed by atoms with van der Waals surface area (Å²) in [5, 5.41) is 20.8. The molecule has 0 unspecified atom stereocenters. The van der Waals surface area contributed by atoms with Crippen LogP contribution in [0.25, 0.3) is 0 Å². The summed E-state index contributed by atoms with van der Waals surface area (Å²) in [6.45, 7) is 0. The Bertz CT molecular complexity index is 1170. The van der Waals surface area contributed by atoms with Crippen LogP contribution in [0, 0.1) is 22.7 Å². The van der Waals surface area contributed by atoms with Crippen LogP contribution < -0.4 is 4.74 Å². The van der Waals surface area contributed by atoms with Crippen molar-refractivity contribution in [2.45, 2.75) is 11.0 Å². The number of hydrogen-bond acceptors (Lipinski definition) is 4. The molecule has 0 spiro atoms. The van der Waals surface area contributed by atoms with Gasteiger partial charge in [0.15, 0.2) is 6.29 Å². The van der Waals surface area contributed by atoms with Gasteiger partial charge in [0, 0.05) is 22.3 Å². The molecule has 3 aliphatic rings. The standard InChI is InChI=1S/C23H12N2O2/c24-13-22-16-7-1-3-9-18(16)23(14-25,19-10-4-2-8-17(19)22)27-20-11-5-6-15(12-26)21(20)22/h1-12H. The van der Waals surface area contributed by atoms with Crippen LogP contribution in [0.2, 0.25) is 0 Å². The summed E-state index contributed by atoms with van der Waals surface area (Å²) in [6.07, 6.45) is 0.740. The maximum atomic E-state index is 11.9. The van der Waals surface area contributed by atoms with E-state index in [1.807, 2.05) is 48.5 Å². The highest BCUT2D eigenvalue weighted by Gasteiger charge is 2.58. The summed E-state index contributed by atoms with van der Waals surface area (Å²) in [4.78, 5) is 11.9. The average Bonchev–Trinajstić information content (AvgIpc) is 2.92. The SMILES string of the molecule is N#CC12Oc3cccc(C=O)c3C(C#N)(c3ccccc31)c1ccccc12. The molecule has 0 amide bonds. The van der Waals surface area contributed by atoms with Crippen LogP contribution in [0.1, 0.15) is 38.2 Å². The van der Waals surface area contributed by atoms with E-state index in [2.05, 4.69) is 12.1 Å². The van der Waals surface area contributed by atoms with E-state index in [1.165, 1.54) is 0 Å². The van der Waals surface area contributed by atoms with Crippen molar-refractivity contribution in [2.75, 3.05) is 0 Å². The van der Waals surface area contributed by atoms with Gasteiger partial charge in [0.1, 0.15) is 17.2 Å². The van der Waals surface area contributed by atoms with Crippen molar-refractivity contribution in [1.29, 1.82) is 10.5 Å². The predicted octanol–water partition coefficient (Wildman–Crippen LogP) is 3.83. The molecule has 6 rings (SSSR count). The van der Waals surface area contributed by atoms with Gasteiger partial charge in [-0.1, -0.05) is 60.7 Å². The van der Waals surface area contributed by atoms with Crippen LogP contribution in [0.15, 0.2) is 66.7 Å². The molecule has 1 aliphatic carbocycles. The maximum absolute atomic E-state index is 11.9. The number of carbonyl (C=O) groups excluding carboxylic acids is 1. The Hall–Kier alpha value is -3.89. The minimum Gasteiger partial charge on any atom is -0.464 e. The van der Waals surface area contributed by atoms with E-state index in [1.54, 1.807) is 18.2 Å². The molecule has 3 aromatic carbocycles. The minimum atomic E-state index is -1.37. The average molecular weight is 348 g/mol. The van der Waals surface area contributed by atoms with Crippen molar-refractivity contribution in [3.05, 3.63) is 100 Å². The van der Waals surface area contributed by atoms with Crippen molar-refractivity contribution in [2.24, 2.45) is 0 Å². The number of aldehydes is 1. The normalized spacial score (nSPS) is 23.5. The van der Waals surface area contributed by atoms with Gasteiger partial charge in [-0.2, -0.15) is 10.5 Å². The quantitative estimate of drug-likeness (QED) is 0.627. The van der Waals surface area contributed by atoms with E-state index in [0.717, 1.165) is 6.29 Å². The Morgan fingerprint density at radius 3 is 1.89 bits per heavy atom. The number of carbonyl (C=O) groups is 1. The van der Waals surface area contributed by atoms with Crippen LogP contribution >= 0.6 is 0 Å². The summed E-state index contributed by atoms with van der Waals surface area (Å²) in [5.74, 6) is 0.384. The Labute approximate surface area is 155 Å². The molecule has 27 heavy (non-hydrogen) atoms. The van der Waals surface area contributed by atoms with E-state index >= 15 is 0 Å². The van der Waals surface area contributed by atoms with Crippen LogP contribution in [0.4, 0.5) is 0 Å². The molecule has 126 valence electrons. The Kier molecular flexibility index (Phi) is 2.88. The molecule has 3 aromatic rings. The molecule has 2 aliphatic heterocycles. The number of nitriles is 2. The smallest absolute Gasteiger partial charge is 0.246 e. The number of hydrogen-bond donors (Lipinski definition) is 0. The zero-order valence-corrected chi connectivity index (χ0v) is 14.1. The molecular formula is C23H12N2O2. The molecule has 0 N–H and O–H groups in total. The first-order valence-electron chi connectivity index (χ1n) is 8.53. The molecule has 0 saturated heterocycles. The van der Waals surface area contributed by atoms with Crippen molar-refractivity contribution < 1.29 is 9.53 Å². The number of benzene rings is 3. The van der Waals surface area contributed by atoms with Gasteiger partial charge < -0.3 is 4.74 Å². The van der Waals surface area contributed by atoms with Crippen LogP contribution in [-0.4, -0.2) is 6.29 Å². The van der Waals surface area contributed by atoms with E-state index in [9.17, 15) is 15.3 Å². The van der Waals surface area contributed by atoms with Gasteiger partial charge in [-0.25, -0.2) is 0 Å². The number of nitrogens with zero attached hydrogens (tertiary/aromatic N) is 2. The summed E-state index contributed by atoms with van der Waals surface area (Å²) in [7, 11) is 0. The number of ether oxygens (including phenoxy) is 1. The Morgan fingerprint density at radius 2 is 1.37 bits per heavy atom. The van der Waals surface area contributed by atoms with Gasteiger partial charge in [0.2, 0.25) is 5.60 Å². The monoisotopic (exact) mass is 348 g/mol. The largest absolute Gasteiger partial charge is 0.464 e. The second-order valence-electron chi connectivity index (χ2n) is 6.69. The fraction of sp³-hybridized carbons (Fsp3) is 0.0870. The van der Waals surface area contributed by atoms with Crippen molar-refractivity contribution in [3.63, 3.8) is 0 Å². The van der Waals surface area contributed by atoms with Crippen LogP contribution in [0.5, 0.6) is 5.75 Å². The zero-order chi connectivity index (χ0) is 18.6. The topological polar surface area (TPSA) is 73.9 Å². The highest BCUT2D eigenvalue weighted by molar-refractivity contribution is 5.85. The molecule has 4 heteroatoms. The highest BCUT2D eigenvalue weighted by Crippen LogP contribution is 2.58. The Balaban J connectivity index is 2.11. The van der Waals surface area contributed by atoms with Gasteiger partial charge in [-0.3, -0.25) is 4.79 Å². The van der Waals surface area contributed by atoms with Gasteiger partial charge >= 0.3 is 0 Å². The van der Waals surface area contributed by atoms with Gasteiger partial charge in [0.05, 0.1) is 6.07 Å². The minimum absolute atomic E-state index is 0.384. The third-order valence-electron chi connectivity index (χ3n) is 5.57. The lowest BCUT2D eigenvalue weighted by Gasteiger charge is -2.38. The molecule has 4 nitrogen and oxygen atoms in total. The lowest BCUT2D eigenvalue weighted by Crippen LogP contribution is -2.42. The van der Waals surface area contributed by atoms with Crippen LogP contribution in [-0.2, 0) is 11.0 Å². The third-order valence-corrected chi connectivity index (χ3v) is 5.57. The van der Waals surface area contributed by atoms with Gasteiger partial charge in [-0.15, -0.1) is 0 Å². The molecular weight excluding hydrogens is 336 g/mol. The molecule has 0 atom stereocenters. The fourth-order valence-electron chi connectivity index (χ4n) is 4.52. The molecule has 2 bridgehead atoms. The summed E-state index contributed by atoms with van der Waals surface area (Å²) in [5.41, 5.74) is 0.923. The lowest BCUT2D eigenvalue weighted by molar-refractivity contribution is 0.112. The highest BCUT2D eigenvalue weighted by atomic mass is 16.5. The summed E-state index contributed by atoms with van der Waals surface area (Å²) < 4.78 is 6.34. The first-order valence-corrected chi connectivity index (χ1v) is 8.53. The summed E-state index contributed by atoms with van der Waals surface area (Å²) >= 11 is 0. The van der Waals surface area contributed by atoms with E-state index in [4.69, 9.17) is 4.74 Å². The zero-order valence-electron chi connectivity index (χ0n) is 14.1. The molecule has 2 heterocycles. The maximum Gasteiger partial charge on any atom is 0.246 e. The van der Waals surface area contributed by atoms with Gasteiger partial charge in [-0.05, 0) is 17.2 Å². The third kappa shape index (κ3) is 1.58. The second kappa shape index (κ2) is 5.06. The first kappa shape index (κ1) is 15.4.